The third-order valence-electron chi connectivity index (χ3n) is 8.60. The minimum atomic E-state index is -1.19. The van der Waals surface area contributed by atoms with Crippen LogP contribution in [-0.2, 0) is 6.42 Å². The average molecular weight is 505 g/mol. The van der Waals surface area contributed by atoms with Gasteiger partial charge in [0.25, 0.3) is 0 Å². The molecule has 0 radical (unpaired) electrons. The minimum Gasteiger partial charge on any atom is -0.477 e. The number of hydrogen-bond acceptors (Lipinski definition) is 6. The van der Waals surface area contributed by atoms with Gasteiger partial charge in [-0.15, -0.1) is 11.3 Å². The van der Waals surface area contributed by atoms with Crippen LogP contribution < -0.4 is 5.43 Å². The van der Waals surface area contributed by atoms with Crippen LogP contribution in [0.2, 0.25) is 0 Å². The normalized spacial score (nSPS) is 23.6. The zero-order chi connectivity index (χ0) is 25.0. The molecule has 1 N–H and O–H groups in total. The molecule has 0 aliphatic carbocycles. The van der Waals surface area contributed by atoms with Gasteiger partial charge in [0.15, 0.2) is 0 Å². The Morgan fingerprint density at radius 3 is 2.47 bits per heavy atom. The Hall–Kier alpha value is -2.97. The van der Waals surface area contributed by atoms with E-state index in [1.165, 1.54) is 55.7 Å². The van der Waals surface area contributed by atoms with Crippen molar-refractivity contribution < 1.29 is 9.90 Å². The molecule has 0 atom stereocenters. The third kappa shape index (κ3) is 3.78. The van der Waals surface area contributed by atoms with Crippen LogP contribution in [0.1, 0.15) is 60.6 Å². The second kappa shape index (κ2) is 8.85. The number of benzene rings is 1. The van der Waals surface area contributed by atoms with E-state index in [4.69, 9.17) is 4.99 Å². The molecule has 2 aromatic heterocycles. The number of aromatic nitrogens is 1. The first-order valence-corrected chi connectivity index (χ1v) is 13.7. The predicted octanol–water partition coefficient (Wildman–Crippen LogP) is 4.62. The Labute approximate surface area is 214 Å². The second-order valence-electron chi connectivity index (χ2n) is 10.7. The van der Waals surface area contributed by atoms with E-state index in [9.17, 15) is 14.7 Å². The monoisotopic (exact) mass is 504 g/mol. The fourth-order valence-electron chi connectivity index (χ4n) is 6.26. The van der Waals surface area contributed by atoms with Gasteiger partial charge in [-0.3, -0.25) is 4.79 Å². The molecule has 0 bridgehead atoms. The van der Waals surface area contributed by atoms with Crippen molar-refractivity contribution in [1.82, 2.24) is 14.2 Å². The zero-order valence-corrected chi connectivity index (χ0v) is 21.7. The lowest BCUT2D eigenvalue weighted by Crippen LogP contribution is -2.45. The first-order chi connectivity index (χ1) is 17.4. The Bertz CT molecular complexity index is 1480. The molecule has 3 aromatic rings. The molecule has 3 aliphatic heterocycles. The molecular weight excluding hydrogens is 472 g/mol. The van der Waals surface area contributed by atoms with Crippen molar-refractivity contribution >= 4 is 38.6 Å². The van der Waals surface area contributed by atoms with Gasteiger partial charge < -0.3 is 19.3 Å². The van der Waals surface area contributed by atoms with Gasteiger partial charge in [-0.2, -0.15) is 0 Å². The molecule has 7 nitrogen and oxygen atoms in total. The van der Waals surface area contributed by atoms with E-state index in [2.05, 4.69) is 23.8 Å². The summed E-state index contributed by atoms with van der Waals surface area (Å²) in [5.74, 6) is -0.228. The number of aryl methyl sites for hydroxylation is 1. The first kappa shape index (κ1) is 23.4. The molecule has 5 heterocycles. The number of hydrogen-bond donors (Lipinski definition) is 1. The van der Waals surface area contributed by atoms with Gasteiger partial charge in [-0.05, 0) is 88.7 Å². The number of rotatable bonds is 2. The number of thiazole rings is 1. The largest absolute Gasteiger partial charge is 0.477 e. The minimum absolute atomic E-state index is 0.161. The number of piperidine rings is 2. The second-order valence-corrected chi connectivity index (χ2v) is 11.8. The summed E-state index contributed by atoms with van der Waals surface area (Å²) >= 11 is 1.36. The maximum absolute atomic E-state index is 13.5. The number of allylic oxidation sites excluding steroid dienone is 1. The SMILES string of the molecule is C/C1=C(N2CCC3(CCN(C)CC3)CC2)\N=C/c2c(n3c(sc4ccccc43)c(C(=O)O)c2=O)CC1. The first-order valence-electron chi connectivity index (χ1n) is 12.9. The van der Waals surface area contributed by atoms with Crippen molar-refractivity contribution in [3.05, 3.63) is 62.7 Å². The van der Waals surface area contributed by atoms with Crippen LogP contribution >= 0.6 is 11.3 Å². The summed E-state index contributed by atoms with van der Waals surface area (Å²) in [5.41, 5.74) is 3.27. The van der Waals surface area contributed by atoms with Crippen LogP contribution in [0.15, 0.2) is 45.4 Å². The maximum Gasteiger partial charge on any atom is 0.342 e. The molecule has 0 amide bonds. The highest BCUT2D eigenvalue weighted by molar-refractivity contribution is 7.24. The van der Waals surface area contributed by atoms with Gasteiger partial charge in [0.05, 0.1) is 15.8 Å². The molecule has 1 spiro atoms. The van der Waals surface area contributed by atoms with E-state index in [1.807, 2.05) is 28.7 Å². The highest BCUT2D eigenvalue weighted by atomic mass is 32.1. The quantitative estimate of drug-likeness (QED) is 0.551. The van der Waals surface area contributed by atoms with Crippen LogP contribution in [0.25, 0.3) is 15.0 Å². The van der Waals surface area contributed by atoms with E-state index in [0.717, 1.165) is 41.2 Å². The van der Waals surface area contributed by atoms with Crippen molar-refractivity contribution in [3.63, 3.8) is 0 Å². The molecule has 3 aliphatic rings. The van der Waals surface area contributed by atoms with Gasteiger partial charge in [-0.25, -0.2) is 9.79 Å². The molecule has 2 saturated heterocycles. The maximum atomic E-state index is 13.5. The van der Waals surface area contributed by atoms with Crippen LogP contribution in [0.5, 0.6) is 0 Å². The number of likely N-dealkylation sites (tertiary alicyclic amines) is 2. The van der Waals surface area contributed by atoms with Crippen LogP contribution in [-0.4, -0.2) is 64.7 Å². The van der Waals surface area contributed by atoms with Crippen LogP contribution in [0.3, 0.4) is 0 Å². The number of aromatic carboxylic acids is 1. The van der Waals surface area contributed by atoms with E-state index in [0.29, 0.717) is 22.2 Å². The summed E-state index contributed by atoms with van der Waals surface area (Å²) in [6.07, 6.45) is 7.98. The number of carboxylic acids is 1. The van der Waals surface area contributed by atoms with E-state index in [-0.39, 0.29) is 5.56 Å². The molecule has 188 valence electrons. The molecular formula is C28H32N4O3S. The molecule has 6 rings (SSSR count). The number of carbonyl (C=O) groups is 1. The Balaban J connectivity index is 1.39. The lowest BCUT2D eigenvalue weighted by molar-refractivity contribution is 0.0535. The van der Waals surface area contributed by atoms with Crippen molar-refractivity contribution in [2.24, 2.45) is 10.4 Å². The lowest BCUT2D eigenvalue weighted by Gasteiger charge is -2.47. The average Bonchev–Trinajstić information content (AvgIpc) is 3.23. The predicted molar refractivity (Wildman–Crippen MR) is 145 cm³/mol. The number of aliphatic imine (C=N–C) groups is 1. The summed E-state index contributed by atoms with van der Waals surface area (Å²) in [4.78, 5) is 35.9. The molecule has 8 heteroatoms. The summed E-state index contributed by atoms with van der Waals surface area (Å²) in [6.45, 7) is 6.47. The van der Waals surface area contributed by atoms with Crippen molar-refractivity contribution in [2.45, 2.75) is 45.4 Å². The summed E-state index contributed by atoms with van der Waals surface area (Å²) in [7, 11) is 2.21. The molecule has 36 heavy (non-hydrogen) atoms. The summed E-state index contributed by atoms with van der Waals surface area (Å²) in [6, 6.07) is 7.86. The standard InChI is InChI=1S/C28H32N4O3S/c1-18-7-8-20-19(17-29-25(18)31-15-11-28(12-16-31)9-13-30(2)14-10-28)24(33)23(27(34)35)26-32(20)21-5-3-4-6-22(21)36-26/h3-6,17H,7-16H2,1-2H3,(H,34,35)/b25-18-,29-17-. The summed E-state index contributed by atoms with van der Waals surface area (Å²) in [5, 5.41) is 9.98. The van der Waals surface area contributed by atoms with Crippen molar-refractivity contribution in [1.29, 1.82) is 0 Å². The highest BCUT2D eigenvalue weighted by Gasteiger charge is 2.37. The van der Waals surface area contributed by atoms with E-state index >= 15 is 0 Å². The Morgan fingerprint density at radius 1 is 1.06 bits per heavy atom. The van der Waals surface area contributed by atoms with Gasteiger partial charge in [0, 0.05) is 25.0 Å². The van der Waals surface area contributed by atoms with Crippen molar-refractivity contribution in [2.75, 3.05) is 33.2 Å². The third-order valence-corrected chi connectivity index (χ3v) is 9.75. The Morgan fingerprint density at radius 2 is 1.75 bits per heavy atom. The van der Waals surface area contributed by atoms with Crippen LogP contribution in [0, 0.1) is 5.41 Å². The van der Waals surface area contributed by atoms with Gasteiger partial charge in [-0.1, -0.05) is 12.1 Å². The number of nitrogens with zero attached hydrogens (tertiary/aromatic N) is 4. The molecule has 1 aromatic carbocycles. The number of fused-ring (bicyclic) bond motifs is 5. The molecule has 0 saturated carbocycles. The van der Waals surface area contributed by atoms with Gasteiger partial charge in [0.1, 0.15) is 16.2 Å². The highest BCUT2D eigenvalue weighted by Crippen LogP contribution is 2.42. The topological polar surface area (TPSA) is 77.6 Å². The zero-order valence-electron chi connectivity index (χ0n) is 20.9. The number of carboxylic acid groups (broad SMARTS) is 1. The lowest BCUT2D eigenvalue weighted by atomic mass is 9.71. The van der Waals surface area contributed by atoms with E-state index in [1.54, 1.807) is 6.21 Å². The Kier molecular flexibility index (Phi) is 5.76. The smallest absolute Gasteiger partial charge is 0.342 e. The number of para-hydroxylation sites is 1. The van der Waals surface area contributed by atoms with Gasteiger partial charge >= 0.3 is 5.97 Å². The summed E-state index contributed by atoms with van der Waals surface area (Å²) < 4.78 is 2.95. The molecule has 2 fully saturated rings. The fraction of sp³-hybridized carbons (Fsp3) is 0.464. The van der Waals surface area contributed by atoms with Crippen LogP contribution in [0.4, 0.5) is 0 Å². The fourth-order valence-corrected chi connectivity index (χ4v) is 7.46. The number of pyridine rings is 1. The van der Waals surface area contributed by atoms with Gasteiger partial charge in [0.2, 0.25) is 5.43 Å². The molecule has 0 unspecified atom stereocenters. The van der Waals surface area contributed by atoms with E-state index < -0.39 is 11.4 Å². The van der Waals surface area contributed by atoms with Crippen molar-refractivity contribution in [3.8, 4) is 0 Å².